The van der Waals surface area contributed by atoms with Gasteiger partial charge in [-0.2, -0.15) is 8.42 Å². The first-order valence-electron chi connectivity index (χ1n) is 13.4. The van der Waals surface area contributed by atoms with E-state index in [2.05, 4.69) is 75.5 Å². The van der Waals surface area contributed by atoms with Crippen molar-refractivity contribution in [2.24, 2.45) is 5.92 Å². The Balaban J connectivity index is 1.63. The molecule has 1 fully saturated rings. The fourth-order valence-electron chi connectivity index (χ4n) is 5.56. The van der Waals surface area contributed by atoms with E-state index in [0.717, 1.165) is 35.1 Å². The summed E-state index contributed by atoms with van der Waals surface area (Å²) in [5.41, 5.74) is 1.35. The zero-order valence-electron chi connectivity index (χ0n) is 23.4. The molecule has 0 saturated carbocycles. The number of nitrogens with zero attached hydrogens (tertiary/aromatic N) is 4. The Hall–Kier alpha value is -3.05. The van der Waals surface area contributed by atoms with E-state index in [1.807, 2.05) is 12.1 Å². The number of fused-ring (bicyclic) bond motifs is 6. The smallest absolute Gasteiger partial charge is 0.281 e. The lowest BCUT2D eigenvalue weighted by Crippen LogP contribution is -2.41. The third-order valence-electron chi connectivity index (χ3n) is 7.62. The third-order valence-corrected chi connectivity index (χ3v) is 9.34. The fraction of sp³-hybridized carbons (Fsp3) is 0.448. The van der Waals surface area contributed by atoms with Crippen molar-refractivity contribution < 1.29 is 13.2 Å². The lowest BCUT2D eigenvalue weighted by molar-refractivity contribution is 0.0981. The number of pyridine rings is 3. The minimum atomic E-state index is -4.26. The van der Waals surface area contributed by atoms with Crippen molar-refractivity contribution in [1.82, 2.24) is 19.7 Å². The molecule has 5 heterocycles. The van der Waals surface area contributed by atoms with Crippen LogP contribution < -0.4 is 14.9 Å². The van der Waals surface area contributed by atoms with Crippen LogP contribution in [0, 0.1) is 5.92 Å². The molecule has 1 amide bonds. The summed E-state index contributed by atoms with van der Waals surface area (Å²) in [6, 6.07) is 11.8. The van der Waals surface area contributed by atoms with E-state index in [1.165, 1.54) is 6.07 Å². The van der Waals surface area contributed by atoms with Gasteiger partial charge in [-0.05, 0) is 75.4 Å². The average Bonchev–Trinajstić information content (AvgIpc) is 3.18. The molecule has 3 aromatic heterocycles. The van der Waals surface area contributed by atoms with Crippen LogP contribution in [0.5, 0.6) is 0 Å². The van der Waals surface area contributed by atoms with Gasteiger partial charge in [0.2, 0.25) is 0 Å². The highest BCUT2D eigenvalue weighted by molar-refractivity contribution is 9.10. The molecular weight excluding hydrogens is 592 g/mol. The van der Waals surface area contributed by atoms with Gasteiger partial charge >= 0.3 is 0 Å². The maximum atomic E-state index is 13.6. The maximum Gasteiger partial charge on any atom is 0.281 e. The molecular formula is C29H35BrN6O3S. The number of anilines is 2. The van der Waals surface area contributed by atoms with Gasteiger partial charge < -0.3 is 10.2 Å². The Labute approximate surface area is 244 Å². The summed E-state index contributed by atoms with van der Waals surface area (Å²) in [7, 11) is -4.26. The van der Waals surface area contributed by atoms with Gasteiger partial charge in [0.25, 0.3) is 15.9 Å². The molecule has 0 aliphatic carbocycles. The summed E-state index contributed by atoms with van der Waals surface area (Å²) in [6.07, 6.45) is 4.30. The number of rotatable bonds is 1. The van der Waals surface area contributed by atoms with Crippen LogP contribution in [0.3, 0.4) is 0 Å². The molecule has 5 rings (SSSR count). The van der Waals surface area contributed by atoms with Gasteiger partial charge in [0.1, 0.15) is 11.6 Å². The first-order valence-corrected chi connectivity index (χ1v) is 15.7. The molecule has 3 aromatic rings. The second kappa shape index (κ2) is 10.4. The van der Waals surface area contributed by atoms with Gasteiger partial charge in [-0.25, -0.2) is 14.7 Å². The molecule has 4 bridgehead atoms. The summed E-state index contributed by atoms with van der Waals surface area (Å²) in [6.45, 7) is 11.2. The van der Waals surface area contributed by atoms with Crippen molar-refractivity contribution >= 4 is 43.5 Å². The molecule has 2 N–H and O–H groups in total. The van der Waals surface area contributed by atoms with E-state index in [-0.39, 0.29) is 27.6 Å². The molecule has 40 heavy (non-hydrogen) atoms. The third kappa shape index (κ3) is 5.85. The second-order valence-electron chi connectivity index (χ2n) is 12.3. The number of hydrogen-bond donors (Lipinski definition) is 2. The van der Waals surface area contributed by atoms with Crippen LogP contribution in [-0.4, -0.2) is 41.4 Å². The minimum absolute atomic E-state index is 0.197. The number of sulfonamides is 1. The number of nitrogens with one attached hydrogen (secondary N) is 2. The monoisotopic (exact) mass is 626 g/mol. The van der Waals surface area contributed by atoms with Gasteiger partial charge in [0.05, 0.1) is 17.3 Å². The standard InChI is InChI=1S/C29H35BrN6O3S/c1-28(2,3)23-12-10-20-26(33-23)36-17-18(16-29(36,4)5)9-11-21(22-15-19(30)13-14-31-22)32-24-7-6-8-25(34-24)40(38,39)35-27(20)37/h6-8,10,12-15,18,21H,9,11,16-17H2,1-5H3,(H,32,34)(H,35,37)/t18-,21?/m0/s1. The molecule has 0 aromatic carbocycles. The van der Waals surface area contributed by atoms with E-state index < -0.39 is 15.9 Å². The summed E-state index contributed by atoms with van der Waals surface area (Å²) in [5, 5.41) is 3.16. The van der Waals surface area contributed by atoms with Crippen LogP contribution in [0.15, 0.2) is 58.2 Å². The molecule has 0 radical (unpaired) electrons. The molecule has 2 aliphatic rings. The summed E-state index contributed by atoms with van der Waals surface area (Å²) in [5.74, 6) is 0.499. The lowest BCUT2D eigenvalue weighted by atomic mass is 9.90. The topological polar surface area (TPSA) is 117 Å². The molecule has 11 heteroatoms. The van der Waals surface area contributed by atoms with Crippen molar-refractivity contribution in [3.63, 3.8) is 0 Å². The van der Waals surface area contributed by atoms with Crippen LogP contribution >= 0.6 is 15.9 Å². The molecule has 1 saturated heterocycles. The summed E-state index contributed by atoms with van der Waals surface area (Å²) in [4.78, 5) is 29.7. The van der Waals surface area contributed by atoms with E-state index in [1.54, 1.807) is 30.5 Å². The van der Waals surface area contributed by atoms with Gasteiger partial charge in [-0.15, -0.1) is 0 Å². The van der Waals surface area contributed by atoms with E-state index >= 15 is 0 Å². The van der Waals surface area contributed by atoms with Crippen molar-refractivity contribution in [3.8, 4) is 0 Å². The highest BCUT2D eigenvalue weighted by Crippen LogP contribution is 2.41. The van der Waals surface area contributed by atoms with E-state index in [4.69, 9.17) is 4.98 Å². The highest BCUT2D eigenvalue weighted by atomic mass is 79.9. The number of carbonyl (C=O) groups is 1. The van der Waals surface area contributed by atoms with Crippen molar-refractivity contribution in [3.05, 3.63) is 70.1 Å². The Kier molecular flexibility index (Phi) is 7.41. The largest absolute Gasteiger partial charge is 0.362 e. The van der Waals surface area contributed by atoms with Crippen LogP contribution in [-0.2, 0) is 15.4 Å². The number of aromatic nitrogens is 3. The normalized spacial score (nSPS) is 22.4. The number of carbonyl (C=O) groups excluding carboxylic acids is 1. The Morgan fingerprint density at radius 2 is 1.85 bits per heavy atom. The molecule has 2 aliphatic heterocycles. The minimum Gasteiger partial charge on any atom is -0.362 e. The number of amides is 1. The quantitative estimate of drug-likeness (QED) is 0.358. The zero-order chi connectivity index (χ0) is 28.9. The van der Waals surface area contributed by atoms with Crippen LogP contribution in [0.1, 0.15) is 81.7 Å². The SMILES string of the molecule is CC(C)(C)c1ccc2c(n1)N1C[C@@H](CCC(c3cc(Br)ccn3)Nc3cccc(n3)S(=O)(=O)NC2=O)CC1(C)C. The van der Waals surface area contributed by atoms with Gasteiger partial charge in [-0.1, -0.05) is 42.8 Å². The van der Waals surface area contributed by atoms with Crippen molar-refractivity contribution in [2.45, 2.75) is 75.9 Å². The lowest BCUT2D eigenvalue weighted by Gasteiger charge is -2.34. The predicted molar refractivity (Wildman–Crippen MR) is 159 cm³/mol. The maximum absolute atomic E-state index is 13.6. The van der Waals surface area contributed by atoms with Gasteiger partial charge in [0, 0.05) is 33.9 Å². The predicted octanol–water partition coefficient (Wildman–Crippen LogP) is 5.60. The average molecular weight is 628 g/mol. The summed E-state index contributed by atoms with van der Waals surface area (Å²) < 4.78 is 29.9. The van der Waals surface area contributed by atoms with Crippen LogP contribution in [0.2, 0.25) is 0 Å². The van der Waals surface area contributed by atoms with Crippen LogP contribution in [0.25, 0.3) is 0 Å². The molecule has 0 spiro atoms. The first kappa shape index (κ1) is 28.5. The summed E-state index contributed by atoms with van der Waals surface area (Å²) >= 11 is 3.54. The van der Waals surface area contributed by atoms with E-state index in [9.17, 15) is 13.2 Å². The Morgan fingerprint density at radius 3 is 2.58 bits per heavy atom. The molecule has 212 valence electrons. The fourth-order valence-corrected chi connectivity index (χ4v) is 6.85. The molecule has 9 nitrogen and oxygen atoms in total. The van der Waals surface area contributed by atoms with E-state index in [0.29, 0.717) is 24.1 Å². The Bertz CT molecular complexity index is 1550. The zero-order valence-corrected chi connectivity index (χ0v) is 25.8. The Morgan fingerprint density at radius 1 is 1.07 bits per heavy atom. The number of halogens is 1. The first-order chi connectivity index (χ1) is 18.7. The highest BCUT2D eigenvalue weighted by Gasteiger charge is 2.41. The number of hydrogen-bond acceptors (Lipinski definition) is 8. The molecule has 1 unspecified atom stereocenters. The molecule has 2 atom stereocenters. The van der Waals surface area contributed by atoms with Gasteiger partial charge in [-0.3, -0.25) is 9.78 Å². The van der Waals surface area contributed by atoms with Crippen molar-refractivity contribution in [2.75, 3.05) is 16.8 Å². The second-order valence-corrected chi connectivity index (χ2v) is 14.8. The van der Waals surface area contributed by atoms with Gasteiger partial charge in [0.15, 0.2) is 5.03 Å². The van der Waals surface area contributed by atoms with Crippen LogP contribution in [0.4, 0.5) is 11.6 Å². The van der Waals surface area contributed by atoms with Crippen molar-refractivity contribution in [1.29, 1.82) is 0 Å².